The maximum Gasteiger partial charge on any atom is 0.316 e. The van der Waals surface area contributed by atoms with E-state index < -0.39 is 28.6 Å². The van der Waals surface area contributed by atoms with Crippen LogP contribution in [0.1, 0.15) is 70.4 Å². The summed E-state index contributed by atoms with van der Waals surface area (Å²) in [7, 11) is 0. The Morgan fingerprint density at radius 1 is 1.25 bits per heavy atom. The van der Waals surface area contributed by atoms with Crippen molar-refractivity contribution < 1.29 is 24.5 Å². The van der Waals surface area contributed by atoms with Gasteiger partial charge in [0.2, 0.25) is 0 Å². The van der Waals surface area contributed by atoms with E-state index >= 15 is 0 Å². The van der Waals surface area contributed by atoms with Crippen molar-refractivity contribution in [1.29, 1.82) is 0 Å². The van der Waals surface area contributed by atoms with Gasteiger partial charge in [-0.2, -0.15) is 0 Å². The van der Waals surface area contributed by atoms with Gasteiger partial charge in [0.25, 0.3) is 0 Å². The standard InChI is InChI=1S/C26H35NO5/c1-24(2,3)23(29)31-18-8-7-16-13-19-26(30)10-9-17(28)22-25(26,20(16)21(18)32-22)11-12-27(19)14-15-5-4-6-15/h7-8,15,17,19,22,28,30H,4-6,9-14H2,1-3H3/t17-,19+,22-,25-,26+/m0/s1. The molecule has 1 spiro atoms. The molecule has 2 heterocycles. The summed E-state index contributed by atoms with van der Waals surface area (Å²) in [6.07, 6.45) is 5.39. The Bertz CT molecular complexity index is 966. The molecule has 3 aliphatic carbocycles. The summed E-state index contributed by atoms with van der Waals surface area (Å²) in [6.45, 7) is 7.45. The lowest BCUT2D eigenvalue weighted by molar-refractivity contribution is -0.209. The normalized spacial score (nSPS) is 38.0. The van der Waals surface area contributed by atoms with Gasteiger partial charge in [-0.05, 0) is 83.4 Å². The first-order valence-corrected chi connectivity index (χ1v) is 12.3. The SMILES string of the molecule is CC(C)(C)C(=O)Oc1ccc2c3c1O[C@H]1[C@@H](O)CC[C@@]4(O)[C@@H](C2)N(CC2CCC2)CC[C@]314. The molecule has 2 saturated carbocycles. The Hall–Kier alpha value is -1.63. The molecule has 2 N–H and O–H groups in total. The van der Waals surface area contributed by atoms with Gasteiger partial charge in [0.1, 0.15) is 6.10 Å². The van der Waals surface area contributed by atoms with Gasteiger partial charge >= 0.3 is 5.97 Å². The molecule has 6 heteroatoms. The predicted molar refractivity (Wildman–Crippen MR) is 119 cm³/mol. The second-order valence-corrected chi connectivity index (χ2v) is 11.9. The highest BCUT2D eigenvalue weighted by atomic mass is 16.6. The van der Waals surface area contributed by atoms with Crippen LogP contribution in [-0.4, -0.2) is 58.0 Å². The molecule has 1 aromatic carbocycles. The van der Waals surface area contributed by atoms with E-state index in [0.29, 0.717) is 24.3 Å². The van der Waals surface area contributed by atoms with Crippen molar-refractivity contribution in [1.82, 2.24) is 4.90 Å². The fraction of sp³-hybridized carbons (Fsp3) is 0.731. The summed E-state index contributed by atoms with van der Waals surface area (Å²) in [5.41, 5.74) is -0.0602. The van der Waals surface area contributed by atoms with Gasteiger partial charge in [-0.25, -0.2) is 0 Å². The Morgan fingerprint density at radius 3 is 2.72 bits per heavy atom. The lowest BCUT2D eigenvalue weighted by Gasteiger charge is -2.64. The summed E-state index contributed by atoms with van der Waals surface area (Å²) >= 11 is 0. The maximum atomic E-state index is 12.6. The number of carbonyl (C=O) groups excluding carboxylic acids is 1. The van der Waals surface area contributed by atoms with Crippen LogP contribution in [0.4, 0.5) is 0 Å². The molecule has 2 bridgehead atoms. The van der Waals surface area contributed by atoms with E-state index in [1.807, 2.05) is 26.8 Å². The van der Waals surface area contributed by atoms with Crippen molar-refractivity contribution in [3.05, 3.63) is 23.3 Å². The van der Waals surface area contributed by atoms with Crippen LogP contribution in [0.5, 0.6) is 11.5 Å². The lowest BCUT2D eigenvalue weighted by Crippen LogP contribution is -2.77. The number of hydrogen-bond donors (Lipinski definition) is 2. The summed E-state index contributed by atoms with van der Waals surface area (Å²) < 4.78 is 12.2. The summed E-state index contributed by atoms with van der Waals surface area (Å²) in [6, 6.07) is 3.93. The first-order valence-electron chi connectivity index (χ1n) is 12.3. The molecule has 1 aromatic rings. The van der Waals surface area contributed by atoms with Crippen LogP contribution in [0, 0.1) is 11.3 Å². The average Bonchev–Trinajstić information content (AvgIpc) is 3.05. The molecule has 3 fully saturated rings. The number of ether oxygens (including phenoxy) is 2. The third-order valence-corrected chi connectivity index (χ3v) is 9.06. The number of hydrogen-bond acceptors (Lipinski definition) is 6. The molecule has 6 nitrogen and oxygen atoms in total. The van der Waals surface area contributed by atoms with Crippen molar-refractivity contribution in [2.75, 3.05) is 13.1 Å². The van der Waals surface area contributed by atoms with Crippen molar-refractivity contribution in [2.45, 2.75) is 95.0 Å². The summed E-state index contributed by atoms with van der Waals surface area (Å²) in [5, 5.41) is 23.4. The molecule has 1 saturated heterocycles. The quantitative estimate of drug-likeness (QED) is 0.555. The predicted octanol–water partition coefficient (Wildman–Crippen LogP) is 2.95. The first kappa shape index (κ1) is 20.9. The second kappa shape index (κ2) is 6.71. The van der Waals surface area contributed by atoms with E-state index in [2.05, 4.69) is 11.0 Å². The Balaban J connectivity index is 1.46. The molecule has 5 aliphatic rings. The van der Waals surface area contributed by atoms with Gasteiger partial charge in [0.05, 0.1) is 22.5 Å². The number of carbonyl (C=O) groups is 1. The third kappa shape index (κ3) is 2.60. The number of likely N-dealkylation sites (tertiary alicyclic amines) is 1. The number of benzene rings is 1. The van der Waals surface area contributed by atoms with E-state index in [1.165, 1.54) is 24.8 Å². The van der Waals surface area contributed by atoms with Crippen LogP contribution < -0.4 is 9.47 Å². The first-order chi connectivity index (χ1) is 15.1. The van der Waals surface area contributed by atoms with Crippen molar-refractivity contribution in [3.8, 4) is 11.5 Å². The second-order valence-electron chi connectivity index (χ2n) is 11.9. The van der Waals surface area contributed by atoms with E-state index in [0.717, 1.165) is 37.4 Å². The molecule has 0 radical (unpaired) electrons. The molecular weight excluding hydrogens is 406 g/mol. The van der Waals surface area contributed by atoms with Crippen molar-refractivity contribution in [2.24, 2.45) is 11.3 Å². The van der Waals surface area contributed by atoms with Crippen molar-refractivity contribution in [3.63, 3.8) is 0 Å². The van der Waals surface area contributed by atoms with Crippen LogP contribution in [0.3, 0.4) is 0 Å². The Morgan fingerprint density at radius 2 is 2.03 bits per heavy atom. The molecule has 0 unspecified atom stereocenters. The van der Waals surface area contributed by atoms with E-state index in [-0.39, 0.29) is 12.0 Å². The van der Waals surface area contributed by atoms with Crippen molar-refractivity contribution >= 4 is 5.97 Å². The monoisotopic (exact) mass is 441 g/mol. The fourth-order valence-corrected chi connectivity index (χ4v) is 7.15. The zero-order chi connectivity index (χ0) is 22.5. The van der Waals surface area contributed by atoms with Crippen LogP contribution in [0.2, 0.25) is 0 Å². The molecule has 32 heavy (non-hydrogen) atoms. The minimum Gasteiger partial charge on any atom is -0.482 e. The highest BCUT2D eigenvalue weighted by Crippen LogP contribution is 2.65. The summed E-state index contributed by atoms with van der Waals surface area (Å²) in [5.74, 6) is 1.41. The van der Waals surface area contributed by atoms with Gasteiger partial charge in [-0.3, -0.25) is 9.69 Å². The Labute approximate surface area is 189 Å². The highest BCUT2D eigenvalue weighted by Gasteiger charge is 2.73. The minimum absolute atomic E-state index is 0.0388. The summed E-state index contributed by atoms with van der Waals surface area (Å²) in [4.78, 5) is 15.2. The van der Waals surface area contributed by atoms with Gasteiger partial charge in [0.15, 0.2) is 11.5 Å². The average molecular weight is 442 g/mol. The lowest BCUT2D eigenvalue weighted by atomic mass is 9.48. The van der Waals surface area contributed by atoms with E-state index in [9.17, 15) is 15.0 Å². The Kier molecular flexibility index (Phi) is 4.39. The van der Waals surface area contributed by atoms with Crippen LogP contribution >= 0.6 is 0 Å². The van der Waals surface area contributed by atoms with Gasteiger partial charge in [0, 0.05) is 18.2 Å². The zero-order valence-corrected chi connectivity index (χ0v) is 19.4. The molecule has 174 valence electrons. The molecule has 2 aliphatic heterocycles. The number of esters is 1. The van der Waals surface area contributed by atoms with Gasteiger partial charge < -0.3 is 19.7 Å². The zero-order valence-electron chi connectivity index (χ0n) is 19.4. The maximum absolute atomic E-state index is 12.6. The fourth-order valence-electron chi connectivity index (χ4n) is 7.15. The van der Waals surface area contributed by atoms with Crippen LogP contribution in [0.15, 0.2) is 12.1 Å². The van der Waals surface area contributed by atoms with E-state index in [1.54, 1.807) is 0 Å². The number of aliphatic hydroxyl groups excluding tert-OH is 1. The topological polar surface area (TPSA) is 79.2 Å². The molecule has 6 rings (SSSR count). The van der Waals surface area contributed by atoms with Crippen LogP contribution in [0.25, 0.3) is 0 Å². The number of nitrogens with zero attached hydrogens (tertiary/aromatic N) is 1. The minimum atomic E-state index is -0.941. The molecule has 0 aromatic heterocycles. The van der Waals surface area contributed by atoms with Gasteiger partial charge in [-0.15, -0.1) is 0 Å². The molecular formula is C26H35NO5. The highest BCUT2D eigenvalue weighted by molar-refractivity contribution is 5.79. The largest absolute Gasteiger partial charge is 0.482 e. The number of aliphatic hydroxyl groups is 2. The number of piperidine rings is 1. The molecule has 0 amide bonds. The smallest absolute Gasteiger partial charge is 0.316 e. The van der Waals surface area contributed by atoms with E-state index in [4.69, 9.17) is 9.47 Å². The van der Waals surface area contributed by atoms with Gasteiger partial charge in [-0.1, -0.05) is 12.5 Å². The number of rotatable bonds is 3. The van der Waals surface area contributed by atoms with Crippen LogP contribution in [-0.2, 0) is 16.6 Å². The third-order valence-electron chi connectivity index (χ3n) is 9.06. The molecule has 5 atom stereocenters.